The van der Waals surface area contributed by atoms with Crippen molar-refractivity contribution in [1.82, 2.24) is 0 Å². The minimum Gasteiger partial charge on any atom is -0.412 e. The van der Waals surface area contributed by atoms with Crippen LogP contribution in [0.5, 0.6) is 0 Å². The molecule has 3 atom stereocenters. The molecule has 0 amide bonds. The molecule has 2 fully saturated rings. The van der Waals surface area contributed by atoms with Crippen molar-refractivity contribution in [2.24, 2.45) is 29.6 Å². The van der Waals surface area contributed by atoms with E-state index in [4.69, 9.17) is 0 Å². The van der Waals surface area contributed by atoms with Gasteiger partial charge in [-0.15, -0.1) is 0 Å². The lowest BCUT2D eigenvalue weighted by Gasteiger charge is -2.40. The first-order chi connectivity index (χ1) is 9.58. The van der Waals surface area contributed by atoms with E-state index in [1.165, 1.54) is 51.4 Å². The predicted molar refractivity (Wildman–Crippen MR) is 101 cm³/mol. The Kier molecular flexibility index (Phi) is 19.2. The topological polar surface area (TPSA) is 63.0 Å². The molecule has 3 unspecified atom stereocenters. The monoisotopic (exact) mass is 318 g/mol. The Bertz CT molecular complexity index is 210. The van der Waals surface area contributed by atoms with Crippen molar-refractivity contribution in [3.8, 4) is 0 Å². The SMILES string of the molecule is CC.CC1CCC(C2CCC(C)CC2C)CC1.CCC.O.O. The summed E-state index contributed by atoms with van der Waals surface area (Å²) in [5.74, 6) is 5.18. The minimum atomic E-state index is 0. The van der Waals surface area contributed by atoms with E-state index >= 15 is 0 Å². The molecular weight excluding hydrogens is 272 g/mol. The largest absolute Gasteiger partial charge is 0.412 e. The van der Waals surface area contributed by atoms with E-state index < -0.39 is 0 Å². The molecule has 0 aliphatic heterocycles. The summed E-state index contributed by atoms with van der Waals surface area (Å²) >= 11 is 0. The molecule has 0 aromatic carbocycles. The van der Waals surface area contributed by atoms with Crippen LogP contribution in [0.2, 0.25) is 0 Å². The van der Waals surface area contributed by atoms with E-state index in [1.807, 2.05) is 13.8 Å². The molecule has 2 rings (SSSR count). The van der Waals surface area contributed by atoms with Crippen LogP contribution in [-0.4, -0.2) is 11.0 Å². The van der Waals surface area contributed by atoms with Gasteiger partial charge in [0.2, 0.25) is 0 Å². The highest BCUT2D eigenvalue weighted by atomic mass is 16.0. The molecule has 138 valence electrons. The smallest absolute Gasteiger partial charge is 0.0360 e. The lowest BCUT2D eigenvalue weighted by Crippen LogP contribution is -2.30. The lowest BCUT2D eigenvalue weighted by atomic mass is 9.65. The van der Waals surface area contributed by atoms with Crippen LogP contribution in [0.15, 0.2) is 0 Å². The molecule has 2 aliphatic carbocycles. The second kappa shape index (κ2) is 15.8. The summed E-state index contributed by atoms with van der Waals surface area (Å²) in [4.78, 5) is 0. The summed E-state index contributed by atoms with van der Waals surface area (Å²) in [6.07, 6.45) is 11.8. The molecular formula is C20H46O2. The summed E-state index contributed by atoms with van der Waals surface area (Å²) in [6.45, 7) is 15.6. The molecule has 0 heterocycles. The van der Waals surface area contributed by atoms with E-state index in [-0.39, 0.29) is 11.0 Å². The molecule has 0 spiro atoms. The number of hydrogen-bond acceptors (Lipinski definition) is 0. The van der Waals surface area contributed by atoms with Gasteiger partial charge in [0.1, 0.15) is 0 Å². The Morgan fingerprint density at radius 2 is 1.09 bits per heavy atom. The summed E-state index contributed by atoms with van der Waals surface area (Å²) in [7, 11) is 0. The van der Waals surface area contributed by atoms with Crippen molar-refractivity contribution >= 4 is 0 Å². The van der Waals surface area contributed by atoms with Crippen LogP contribution in [-0.2, 0) is 0 Å². The first-order valence-electron chi connectivity index (χ1n) is 9.58. The molecule has 2 saturated carbocycles. The summed E-state index contributed by atoms with van der Waals surface area (Å²) in [5, 5.41) is 0. The van der Waals surface area contributed by atoms with Crippen molar-refractivity contribution in [1.29, 1.82) is 0 Å². The van der Waals surface area contributed by atoms with Crippen molar-refractivity contribution < 1.29 is 11.0 Å². The zero-order chi connectivity index (χ0) is 15.5. The van der Waals surface area contributed by atoms with E-state index in [2.05, 4.69) is 34.6 Å². The maximum absolute atomic E-state index is 2.51. The number of hydrogen-bond donors (Lipinski definition) is 0. The van der Waals surface area contributed by atoms with Crippen LogP contribution in [0.25, 0.3) is 0 Å². The second-order valence-electron chi connectivity index (χ2n) is 7.29. The normalized spacial score (nSPS) is 33.7. The third kappa shape index (κ3) is 9.84. The van der Waals surface area contributed by atoms with Gasteiger partial charge in [-0.05, 0) is 55.3 Å². The average Bonchev–Trinajstić information content (AvgIpc) is 2.43. The first kappa shape index (κ1) is 26.8. The zero-order valence-corrected chi connectivity index (χ0v) is 16.5. The molecule has 0 bridgehead atoms. The fourth-order valence-corrected chi connectivity index (χ4v) is 4.10. The standard InChI is InChI=1S/C15H28.C3H8.C2H6.2H2O/c1-11-4-7-14(8-5-11)15-9-6-12(2)10-13(15)3;1-3-2;1-2;;/h11-15H,4-10H2,1-3H3;3H2,1-2H3;1-2H3;2*1H2. The van der Waals surface area contributed by atoms with Gasteiger partial charge < -0.3 is 11.0 Å². The fourth-order valence-electron chi connectivity index (χ4n) is 4.10. The Balaban J connectivity index is -0.000000464. The fraction of sp³-hybridized carbons (Fsp3) is 1.00. The quantitative estimate of drug-likeness (QED) is 0.597. The molecule has 0 radical (unpaired) electrons. The van der Waals surface area contributed by atoms with Crippen LogP contribution >= 0.6 is 0 Å². The van der Waals surface area contributed by atoms with E-state index in [9.17, 15) is 0 Å². The van der Waals surface area contributed by atoms with Gasteiger partial charge in [0.05, 0.1) is 0 Å². The molecule has 22 heavy (non-hydrogen) atoms. The van der Waals surface area contributed by atoms with Crippen LogP contribution in [0.4, 0.5) is 0 Å². The van der Waals surface area contributed by atoms with E-state index in [0.717, 1.165) is 29.6 Å². The predicted octanol–water partition coefficient (Wildman–Crippen LogP) is 5.68. The molecule has 0 saturated heterocycles. The van der Waals surface area contributed by atoms with Gasteiger partial charge in [0.25, 0.3) is 0 Å². The van der Waals surface area contributed by atoms with Crippen LogP contribution in [0.3, 0.4) is 0 Å². The molecule has 2 aliphatic rings. The highest BCUT2D eigenvalue weighted by Crippen LogP contribution is 2.43. The Hall–Kier alpha value is -0.0800. The van der Waals surface area contributed by atoms with E-state index in [0.29, 0.717) is 0 Å². The Morgan fingerprint density at radius 1 is 0.682 bits per heavy atom. The molecule has 0 aromatic rings. The summed E-state index contributed by atoms with van der Waals surface area (Å²) in [5.41, 5.74) is 0. The minimum absolute atomic E-state index is 0. The highest BCUT2D eigenvalue weighted by molar-refractivity contribution is 4.83. The van der Waals surface area contributed by atoms with Crippen LogP contribution < -0.4 is 0 Å². The number of rotatable bonds is 1. The highest BCUT2D eigenvalue weighted by Gasteiger charge is 2.33. The van der Waals surface area contributed by atoms with Crippen molar-refractivity contribution in [2.45, 2.75) is 99.8 Å². The van der Waals surface area contributed by atoms with Gasteiger partial charge in [0.15, 0.2) is 0 Å². The van der Waals surface area contributed by atoms with Gasteiger partial charge in [-0.2, -0.15) is 0 Å². The summed E-state index contributed by atoms with van der Waals surface area (Å²) < 4.78 is 0. The maximum atomic E-state index is 2.51. The van der Waals surface area contributed by atoms with Gasteiger partial charge in [-0.1, -0.05) is 74.1 Å². The molecule has 2 heteroatoms. The third-order valence-corrected chi connectivity index (χ3v) is 5.16. The van der Waals surface area contributed by atoms with E-state index in [1.54, 1.807) is 0 Å². The zero-order valence-electron chi connectivity index (χ0n) is 16.5. The van der Waals surface area contributed by atoms with Crippen molar-refractivity contribution in [3.05, 3.63) is 0 Å². The first-order valence-corrected chi connectivity index (χ1v) is 9.58. The molecule has 0 aromatic heterocycles. The average molecular weight is 319 g/mol. The maximum Gasteiger partial charge on any atom is -0.0360 e. The van der Waals surface area contributed by atoms with Crippen molar-refractivity contribution in [2.75, 3.05) is 0 Å². The molecule has 2 nitrogen and oxygen atoms in total. The van der Waals surface area contributed by atoms with Crippen molar-refractivity contribution in [3.63, 3.8) is 0 Å². The van der Waals surface area contributed by atoms with Gasteiger partial charge in [-0.3, -0.25) is 0 Å². The third-order valence-electron chi connectivity index (χ3n) is 5.16. The van der Waals surface area contributed by atoms with Gasteiger partial charge in [0, 0.05) is 0 Å². The Morgan fingerprint density at radius 3 is 1.50 bits per heavy atom. The van der Waals surface area contributed by atoms with Gasteiger partial charge in [-0.25, -0.2) is 0 Å². The summed E-state index contributed by atoms with van der Waals surface area (Å²) in [6, 6.07) is 0. The lowest BCUT2D eigenvalue weighted by molar-refractivity contribution is 0.104. The van der Waals surface area contributed by atoms with Crippen LogP contribution in [0.1, 0.15) is 99.8 Å². The molecule has 4 N–H and O–H groups in total. The Labute approximate surface area is 141 Å². The second-order valence-corrected chi connectivity index (χ2v) is 7.29. The van der Waals surface area contributed by atoms with Crippen LogP contribution in [0, 0.1) is 29.6 Å². The van der Waals surface area contributed by atoms with Gasteiger partial charge >= 0.3 is 0 Å².